The number of phosphoric ester groups is 2. The van der Waals surface area contributed by atoms with E-state index < -0.39 is 97.5 Å². The van der Waals surface area contributed by atoms with Gasteiger partial charge in [0.2, 0.25) is 0 Å². The van der Waals surface area contributed by atoms with E-state index in [1.165, 1.54) is 238 Å². The number of unbranched alkanes of at least 4 members (excludes halogenated alkanes) is 47. The van der Waals surface area contributed by atoms with Crippen LogP contribution in [0.2, 0.25) is 0 Å². The maximum atomic E-state index is 13.1. The summed E-state index contributed by atoms with van der Waals surface area (Å²) in [5, 5.41) is 10.7. The van der Waals surface area contributed by atoms with E-state index in [4.69, 9.17) is 37.0 Å². The molecule has 19 heteroatoms. The molecule has 17 nitrogen and oxygen atoms in total. The van der Waals surface area contributed by atoms with Crippen molar-refractivity contribution in [3.63, 3.8) is 0 Å². The van der Waals surface area contributed by atoms with Gasteiger partial charge in [0.05, 0.1) is 26.4 Å². The summed E-state index contributed by atoms with van der Waals surface area (Å²) in [4.78, 5) is 73.1. The smallest absolute Gasteiger partial charge is 0.462 e. The monoisotopic (exact) mass is 1490 g/mol. The first kappa shape index (κ1) is 100. The molecule has 606 valence electrons. The molecule has 0 aliphatic rings. The Kier molecular flexibility index (Phi) is 71.8. The van der Waals surface area contributed by atoms with Crippen LogP contribution in [-0.4, -0.2) is 96.7 Å². The molecule has 0 heterocycles. The third kappa shape index (κ3) is 73.6. The van der Waals surface area contributed by atoms with E-state index in [2.05, 4.69) is 48.5 Å². The molecule has 0 radical (unpaired) electrons. The standard InChI is InChI=1S/C83H162O17P2/c1-8-11-12-13-14-15-16-17-18-19-20-21-22-23-28-31-37-44-52-59-66-82(87)99-78(70-93-80(85)64-57-50-43-36-30-27-25-24-26-29-34-41-48-55-62-75(6)9-2)72-97-101(89,90)95-68-77(84)69-96-102(91,92)98-73-79(71-94-81(86)65-58-51-46-39-40-47-54-61-74(4)5)100-83(88)67-60-53-45-38-33-32-35-42-49-56-63-76(7)10-3/h74-79,84H,8-73H2,1-7H3,(H,89,90)(H,91,92)/t75?,76?,77-,78-,79-/m1/s1. The Morgan fingerprint density at radius 3 is 0.745 bits per heavy atom. The number of carbonyl (C=O) groups is 4. The van der Waals surface area contributed by atoms with Crippen molar-refractivity contribution in [2.75, 3.05) is 39.6 Å². The molecular formula is C83H162O17P2. The second kappa shape index (κ2) is 73.2. The average Bonchev–Trinajstić information content (AvgIpc) is 0.922. The summed E-state index contributed by atoms with van der Waals surface area (Å²) in [5.41, 5.74) is 0. The Labute approximate surface area is 626 Å². The third-order valence-electron chi connectivity index (χ3n) is 20.1. The highest BCUT2D eigenvalue weighted by Gasteiger charge is 2.30. The van der Waals surface area contributed by atoms with Crippen molar-refractivity contribution in [1.29, 1.82) is 0 Å². The molecule has 0 spiro atoms. The molecule has 102 heavy (non-hydrogen) atoms. The molecule has 0 fully saturated rings. The molecule has 4 unspecified atom stereocenters. The molecule has 7 atom stereocenters. The number of aliphatic hydroxyl groups is 1. The number of aliphatic hydroxyl groups excluding tert-OH is 1. The second-order valence-corrected chi connectivity index (χ2v) is 33.7. The van der Waals surface area contributed by atoms with Crippen LogP contribution < -0.4 is 0 Å². The predicted octanol–water partition coefficient (Wildman–Crippen LogP) is 24.9. The molecule has 0 saturated carbocycles. The minimum Gasteiger partial charge on any atom is -0.462 e. The molecule has 0 aromatic carbocycles. The van der Waals surface area contributed by atoms with Crippen LogP contribution in [0.15, 0.2) is 0 Å². The normalized spacial score (nSPS) is 14.5. The van der Waals surface area contributed by atoms with E-state index in [0.29, 0.717) is 31.6 Å². The minimum absolute atomic E-state index is 0.106. The molecule has 0 aromatic heterocycles. The van der Waals surface area contributed by atoms with Gasteiger partial charge >= 0.3 is 39.5 Å². The zero-order valence-corrected chi connectivity index (χ0v) is 68.9. The second-order valence-electron chi connectivity index (χ2n) is 30.8. The summed E-state index contributed by atoms with van der Waals surface area (Å²) < 4.78 is 68.8. The minimum atomic E-state index is -4.96. The van der Waals surface area contributed by atoms with Crippen LogP contribution in [0.1, 0.15) is 434 Å². The molecule has 0 rings (SSSR count). The lowest BCUT2D eigenvalue weighted by atomic mass is 9.99. The molecule has 3 N–H and O–H groups in total. The van der Waals surface area contributed by atoms with Crippen molar-refractivity contribution in [2.45, 2.75) is 452 Å². The summed E-state index contributed by atoms with van der Waals surface area (Å²) in [6, 6.07) is 0. The topological polar surface area (TPSA) is 237 Å². The van der Waals surface area contributed by atoms with Gasteiger partial charge < -0.3 is 33.8 Å². The van der Waals surface area contributed by atoms with Gasteiger partial charge in [0.15, 0.2) is 12.2 Å². The lowest BCUT2D eigenvalue weighted by Crippen LogP contribution is -2.30. The number of rotatable bonds is 81. The number of esters is 4. The van der Waals surface area contributed by atoms with E-state index >= 15 is 0 Å². The highest BCUT2D eigenvalue weighted by molar-refractivity contribution is 7.47. The van der Waals surface area contributed by atoms with Gasteiger partial charge in [-0.3, -0.25) is 37.3 Å². The van der Waals surface area contributed by atoms with Crippen molar-refractivity contribution in [2.24, 2.45) is 17.8 Å². The first-order valence-electron chi connectivity index (χ1n) is 42.9. The van der Waals surface area contributed by atoms with Crippen LogP contribution in [-0.2, 0) is 65.4 Å². The van der Waals surface area contributed by atoms with Gasteiger partial charge in [-0.15, -0.1) is 0 Å². The number of hydrogen-bond acceptors (Lipinski definition) is 15. The van der Waals surface area contributed by atoms with Crippen LogP contribution in [0.3, 0.4) is 0 Å². The summed E-state index contributed by atoms with van der Waals surface area (Å²) >= 11 is 0. The van der Waals surface area contributed by atoms with Crippen LogP contribution in [0.5, 0.6) is 0 Å². The fraction of sp³-hybridized carbons (Fsp3) is 0.952. The number of ether oxygens (including phenoxy) is 4. The lowest BCUT2D eigenvalue weighted by molar-refractivity contribution is -0.161. The van der Waals surface area contributed by atoms with Gasteiger partial charge in [-0.1, -0.05) is 382 Å². The highest BCUT2D eigenvalue weighted by Crippen LogP contribution is 2.45. The van der Waals surface area contributed by atoms with Gasteiger partial charge in [0.25, 0.3) is 0 Å². The first-order valence-corrected chi connectivity index (χ1v) is 45.9. The van der Waals surface area contributed by atoms with E-state index in [0.717, 1.165) is 108 Å². The maximum Gasteiger partial charge on any atom is 0.472 e. The van der Waals surface area contributed by atoms with Gasteiger partial charge in [0, 0.05) is 25.7 Å². The van der Waals surface area contributed by atoms with Crippen molar-refractivity contribution in [3.05, 3.63) is 0 Å². The summed E-state index contributed by atoms with van der Waals surface area (Å²) in [7, 11) is -9.92. The Balaban J connectivity index is 5.24. The Morgan fingerprint density at radius 1 is 0.284 bits per heavy atom. The van der Waals surface area contributed by atoms with Crippen molar-refractivity contribution >= 4 is 39.5 Å². The molecule has 0 bridgehead atoms. The summed E-state index contributed by atoms with van der Waals surface area (Å²) in [5.74, 6) is 0.248. The number of carbonyl (C=O) groups excluding carboxylic acids is 4. The highest BCUT2D eigenvalue weighted by atomic mass is 31.2. The fourth-order valence-electron chi connectivity index (χ4n) is 12.8. The van der Waals surface area contributed by atoms with E-state index in [1.54, 1.807) is 0 Å². The van der Waals surface area contributed by atoms with Crippen LogP contribution >= 0.6 is 15.6 Å². The molecule has 0 amide bonds. The Hall–Kier alpha value is -1.94. The molecule has 0 aliphatic carbocycles. The summed E-state index contributed by atoms with van der Waals surface area (Å²) in [6.45, 7) is 12.0. The van der Waals surface area contributed by atoms with Gasteiger partial charge in [-0.25, -0.2) is 9.13 Å². The van der Waals surface area contributed by atoms with Crippen molar-refractivity contribution < 1.29 is 80.2 Å². The van der Waals surface area contributed by atoms with E-state index in [1.807, 2.05) is 0 Å². The largest absolute Gasteiger partial charge is 0.472 e. The van der Waals surface area contributed by atoms with Crippen LogP contribution in [0.4, 0.5) is 0 Å². The predicted molar refractivity (Wildman–Crippen MR) is 418 cm³/mol. The molecule has 0 aliphatic heterocycles. The van der Waals surface area contributed by atoms with Crippen molar-refractivity contribution in [3.8, 4) is 0 Å². The SMILES string of the molecule is CCCCCCCCCCCCCCCCCCCCCCC(=O)O[C@H](COC(=O)CCCCCCCCCCCCCCCCC(C)CC)COP(=O)(O)OC[C@@H](O)COP(=O)(O)OC[C@@H](COC(=O)CCCCCCCCCC(C)C)OC(=O)CCCCCCCCCCCCC(C)CC. The van der Waals surface area contributed by atoms with Gasteiger partial charge in [0.1, 0.15) is 19.3 Å². The zero-order valence-electron chi connectivity index (χ0n) is 67.1. The Bertz CT molecular complexity index is 1980. The summed E-state index contributed by atoms with van der Waals surface area (Å²) in [6.07, 6.45) is 62.5. The lowest BCUT2D eigenvalue weighted by Gasteiger charge is -2.21. The maximum absolute atomic E-state index is 13.1. The number of phosphoric acid groups is 2. The van der Waals surface area contributed by atoms with Gasteiger partial charge in [-0.2, -0.15) is 0 Å². The van der Waals surface area contributed by atoms with Gasteiger partial charge in [-0.05, 0) is 43.4 Å². The molecule has 0 saturated heterocycles. The molecule has 0 aromatic rings. The number of hydrogen-bond donors (Lipinski definition) is 3. The van der Waals surface area contributed by atoms with E-state index in [-0.39, 0.29) is 25.7 Å². The van der Waals surface area contributed by atoms with Crippen LogP contribution in [0, 0.1) is 17.8 Å². The Morgan fingerprint density at radius 2 is 0.500 bits per heavy atom. The van der Waals surface area contributed by atoms with Crippen molar-refractivity contribution in [1.82, 2.24) is 0 Å². The van der Waals surface area contributed by atoms with E-state index in [9.17, 15) is 43.2 Å². The zero-order chi connectivity index (χ0) is 75.1. The van der Waals surface area contributed by atoms with Crippen LogP contribution in [0.25, 0.3) is 0 Å². The first-order chi connectivity index (χ1) is 49.3. The average molecular weight is 1490 g/mol. The third-order valence-corrected chi connectivity index (χ3v) is 22.0. The quantitative estimate of drug-likeness (QED) is 0.0222. The fourth-order valence-corrected chi connectivity index (χ4v) is 14.4. The molecular weight excluding hydrogens is 1330 g/mol.